The Hall–Kier alpha value is -1.31. The zero-order valence-corrected chi connectivity index (χ0v) is 11.9. The van der Waals surface area contributed by atoms with Crippen molar-refractivity contribution < 1.29 is 23.1 Å². The number of carboxylic acid groups (broad SMARTS) is 1. The summed E-state index contributed by atoms with van der Waals surface area (Å²) in [6, 6.07) is -0.476. The molecule has 1 aliphatic rings. The third kappa shape index (κ3) is 5.91. The summed E-state index contributed by atoms with van der Waals surface area (Å²) in [4.78, 5) is 22.2. The summed E-state index contributed by atoms with van der Waals surface area (Å²) in [7, 11) is -2.94. The van der Waals surface area contributed by atoms with E-state index in [1.165, 1.54) is 0 Å². The molecule has 1 saturated heterocycles. The van der Waals surface area contributed by atoms with Gasteiger partial charge in [-0.1, -0.05) is 0 Å². The van der Waals surface area contributed by atoms with Crippen molar-refractivity contribution in [2.75, 3.05) is 18.1 Å². The summed E-state index contributed by atoms with van der Waals surface area (Å²) in [5, 5.41) is 13.8. The summed E-state index contributed by atoms with van der Waals surface area (Å²) < 4.78 is 22.5. The highest BCUT2D eigenvalue weighted by Gasteiger charge is 2.29. The van der Waals surface area contributed by atoms with Crippen LogP contribution >= 0.6 is 0 Å². The van der Waals surface area contributed by atoms with Crippen molar-refractivity contribution >= 4 is 21.8 Å². The van der Waals surface area contributed by atoms with E-state index in [2.05, 4.69) is 10.6 Å². The van der Waals surface area contributed by atoms with Gasteiger partial charge in [0.15, 0.2) is 9.84 Å². The molecule has 7 nitrogen and oxygen atoms in total. The molecule has 0 aromatic carbocycles. The van der Waals surface area contributed by atoms with Gasteiger partial charge in [0.1, 0.15) is 0 Å². The molecular weight excluding hydrogens is 272 g/mol. The van der Waals surface area contributed by atoms with Crippen LogP contribution in [0.4, 0.5) is 4.79 Å². The Bertz CT molecular complexity index is 458. The van der Waals surface area contributed by atoms with E-state index >= 15 is 0 Å². The highest BCUT2D eigenvalue weighted by molar-refractivity contribution is 7.91. The van der Waals surface area contributed by atoms with Crippen LogP contribution in [-0.4, -0.2) is 49.1 Å². The normalized spacial score (nSPS) is 21.9. The van der Waals surface area contributed by atoms with Crippen LogP contribution in [0.15, 0.2) is 0 Å². The number of rotatable bonds is 5. The number of hydrogen-bond donors (Lipinski definition) is 3. The van der Waals surface area contributed by atoms with Crippen molar-refractivity contribution in [2.24, 2.45) is 5.92 Å². The molecule has 0 aromatic heterocycles. The third-order valence-corrected chi connectivity index (χ3v) is 4.76. The molecule has 0 bridgehead atoms. The van der Waals surface area contributed by atoms with E-state index in [0.717, 1.165) is 0 Å². The fourth-order valence-electron chi connectivity index (χ4n) is 2.04. The first-order chi connectivity index (χ1) is 8.60. The second-order valence-electron chi connectivity index (χ2n) is 5.56. The van der Waals surface area contributed by atoms with E-state index in [1.54, 1.807) is 13.8 Å². The van der Waals surface area contributed by atoms with Gasteiger partial charge in [-0.25, -0.2) is 13.2 Å². The highest BCUT2D eigenvalue weighted by atomic mass is 32.2. The second-order valence-corrected chi connectivity index (χ2v) is 7.79. The van der Waals surface area contributed by atoms with Gasteiger partial charge in [-0.15, -0.1) is 0 Å². The number of hydrogen-bond acceptors (Lipinski definition) is 4. The third-order valence-electron chi connectivity index (χ3n) is 2.92. The summed E-state index contributed by atoms with van der Waals surface area (Å²) in [5.74, 6) is -0.775. The second kappa shape index (κ2) is 5.77. The van der Waals surface area contributed by atoms with E-state index < -0.39 is 27.4 Å². The molecule has 0 spiro atoms. The quantitative estimate of drug-likeness (QED) is 0.659. The van der Waals surface area contributed by atoms with Gasteiger partial charge in [0, 0.05) is 12.1 Å². The van der Waals surface area contributed by atoms with Gasteiger partial charge in [0.2, 0.25) is 0 Å². The molecule has 2 amide bonds. The number of urea groups is 1. The van der Waals surface area contributed by atoms with Gasteiger partial charge in [-0.05, 0) is 26.2 Å². The Balaban J connectivity index is 2.34. The number of carbonyl (C=O) groups is 2. The summed E-state index contributed by atoms with van der Waals surface area (Å²) in [6.45, 7) is 3.51. The van der Waals surface area contributed by atoms with Crippen LogP contribution in [0.2, 0.25) is 0 Å². The van der Waals surface area contributed by atoms with Gasteiger partial charge >= 0.3 is 12.0 Å². The summed E-state index contributed by atoms with van der Waals surface area (Å²) in [5.41, 5.74) is -0.850. The minimum atomic E-state index is -2.94. The first kappa shape index (κ1) is 15.7. The monoisotopic (exact) mass is 292 g/mol. The topological polar surface area (TPSA) is 113 Å². The lowest BCUT2D eigenvalue weighted by molar-refractivity contribution is -0.138. The molecule has 0 saturated carbocycles. The maximum absolute atomic E-state index is 11.6. The highest BCUT2D eigenvalue weighted by Crippen LogP contribution is 2.17. The Kier molecular flexibility index (Phi) is 4.78. The van der Waals surface area contributed by atoms with Crippen molar-refractivity contribution in [1.82, 2.24) is 10.6 Å². The SMILES string of the molecule is CC(C)(CC(=O)O)NC(=O)NCC1CCS(=O)(=O)C1. The number of carbonyl (C=O) groups excluding carboxylic acids is 1. The van der Waals surface area contributed by atoms with Crippen molar-refractivity contribution in [3.63, 3.8) is 0 Å². The van der Waals surface area contributed by atoms with Crippen molar-refractivity contribution in [3.05, 3.63) is 0 Å². The van der Waals surface area contributed by atoms with Gasteiger partial charge in [-0.3, -0.25) is 4.79 Å². The van der Waals surface area contributed by atoms with Gasteiger partial charge < -0.3 is 15.7 Å². The van der Waals surface area contributed by atoms with Crippen LogP contribution in [0.5, 0.6) is 0 Å². The minimum Gasteiger partial charge on any atom is -0.481 e. The number of sulfone groups is 1. The standard InChI is InChI=1S/C11H20N2O5S/c1-11(2,5-9(14)15)13-10(16)12-6-8-3-4-19(17,18)7-8/h8H,3-7H2,1-2H3,(H,14,15)(H2,12,13,16). The molecular formula is C11H20N2O5S. The van der Waals surface area contributed by atoms with Crippen molar-refractivity contribution in [3.8, 4) is 0 Å². The first-order valence-corrected chi connectivity index (χ1v) is 7.90. The number of aliphatic carboxylic acids is 1. The molecule has 19 heavy (non-hydrogen) atoms. The molecule has 0 radical (unpaired) electrons. The zero-order chi connectivity index (χ0) is 14.7. The Morgan fingerprint density at radius 1 is 1.37 bits per heavy atom. The Morgan fingerprint density at radius 3 is 2.47 bits per heavy atom. The molecule has 0 aliphatic carbocycles. The maximum atomic E-state index is 11.6. The van der Waals surface area contributed by atoms with Crippen LogP contribution in [0, 0.1) is 5.92 Å². The Morgan fingerprint density at radius 2 is 2.00 bits per heavy atom. The molecule has 8 heteroatoms. The molecule has 0 aromatic rings. The minimum absolute atomic E-state index is 0.0571. The van der Waals surface area contributed by atoms with Crippen LogP contribution in [-0.2, 0) is 14.6 Å². The number of amides is 2. The van der Waals surface area contributed by atoms with Gasteiger partial charge in [0.25, 0.3) is 0 Å². The largest absolute Gasteiger partial charge is 0.481 e. The Labute approximate surface area is 112 Å². The predicted molar refractivity (Wildman–Crippen MR) is 69.6 cm³/mol. The molecule has 1 heterocycles. The lowest BCUT2D eigenvalue weighted by Gasteiger charge is -2.24. The molecule has 1 atom stereocenters. The number of nitrogens with one attached hydrogen (secondary N) is 2. The van der Waals surface area contributed by atoms with Crippen LogP contribution in [0.3, 0.4) is 0 Å². The van der Waals surface area contributed by atoms with E-state index in [-0.39, 0.29) is 30.4 Å². The predicted octanol–water partition coefficient (Wildman–Crippen LogP) is -0.0264. The molecule has 1 fully saturated rings. The van der Waals surface area contributed by atoms with Crippen LogP contribution in [0.25, 0.3) is 0 Å². The summed E-state index contributed by atoms with van der Waals surface area (Å²) >= 11 is 0. The molecule has 110 valence electrons. The molecule has 1 unspecified atom stereocenters. The lowest BCUT2D eigenvalue weighted by Crippen LogP contribution is -2.50. The lowest BCUT2D eigenvalue weighted by atomic mass is 10.0. The first-order valence-electron chi connectivity index (χ1n) is 6.08. The maximum Gasteiger partial charge on any atom is 0.315 e. The van der Waals surface area contributed by atoms with Crippen LogP contribution in [0.1, 0.15) is 26.7 Å². The van der Waals surface area contributed by atoms with E-state index in [4.69, 9.17) is 5.11 Å². The summed E-state index contributed by atoms with van der Waals surface area (Å²) in [6.07, 6.45) is 0.374. The molecule has 3 N–H and O–H groups in total. The van der Waals surface area contributed by atoms with E-state index in [0.29, 0.717) is 6.42 Å². The number of carboxylic acids is 1. The average molecular weight is 292 g/mol. The van der Waals surface area contributed by atoms with Crippen molar-refractivity contribution in [2.45, 2.75) is 32.2 Å². The fourth-order valence-corrected chi connectivity index (χ4v) is 3.91. The smallest absolute Gasteiger partial charge is 0.315 e. The average Bonchev–Trinajstić information content (AvgIpc) is 2.52. The van der Waals surface area contributed by atoms with Gasteiger partial charge in [0.05, 0.1) is 17.9 Å². The zero-order valence-electron chi connectivity index (χ0n) is 11.1. The molecule has 1 rings (SSSR count). The van der Waals surface area contributed by atoms with E-state index in [1.807, 2.05) is 0 Å². The molecule has 1 aliphatic heterocycles. The van der Waals surface area contributed by atoms with E-state index in [9.17, 15) is 18.0 Å². The van der Waals surface area contributed by atoms with Gasteiger partial charge in [-0.2, -0.15) is 0 Å². The van der Waals surface area contributed by atoms with Crippen LogP contribution < -0.4 is 10.6 Å². The fraction of sp³-hybridized carbons (Fsp3) is 0.818. The van der Waals surface area contributed by atoms with Crippen molar-refractivity contribution in [1.29, 1.82) is 0 Å².